The Morgan fingerprint density at radius 2 is 1.05 bits per heavy atom. The summed E-state index contributed by atoms with van der Waals surface area (Å²) < 4.78 is 88.8. The van der Waals surface area contributed by atoms with Crippen molar-refractivity contribution in [1.82, 2.24) is 40.4 Å². The number of imidazole rings is 2. The van der Waals surface area contributed by atoms with Crippen LogP contribution in [0.5, 0.6) is 0 Å². The van der Waals surface area contributed by atoms with Crippen LogP contribution in [0.2, 0.25) is 0 Å². The van der Waals surface area contributed by atoms with Crippen molar-refractivity contribution in [3.05, 3.63) is 84.7 Å². The third-order valence-corrected chi connectivity index (χ3v) is 11.0. The molecule has 0 radical (unpaired) electrons. The van der Waals surface area contributed by atoms with Gasteiger partial charge in [0.25, 0.3) is 0 Å². The molecule has 2 aromatic heterocycles. The lowest BCUT2D eigenvalue weighted by Gasteiger charge is -2.28. The maximum atomic E-state index is 13.3. The van der Waals surface area contributed by atoms with E-state index < -0.39 is 73.4 Å². The zero-order valence-corrected chi connectivity index (χ0v) is 33.4. The minimum atomic E-state index is -4.70. The number of rotatable bonds is 11. The molecule has 62 heavy (non-hydrogen) atoms. The van der Waals surface area contributed by atoms with E-state index in [-0.39, 0.29) is 13.1 Å². The number of carbonyl (C=O) groups excluding carboxylic acids is 4. The van der Waals surface area contributed by atoms with Gasteiger partial charge in [-0.15, -0.1) is 0 Å². The molecule has 4 heterocycles. The number of halogens is 6. The van der Waals surface area contributed by atoms with Crippen molar-refractivity contribution in [2.24, 2.45) is 0 Å². The number of aromatic nitrogens is 4. The van der Waals surface area contributed by atoms with Gasteiger partial charge < -0.3 is 39.9 Å². The fourth-order valence-electron chi connectivity index (χ4n) is 8.04. The Balaban J connectivity index is 1.02. The maximum Gasteiger partial charge on any atom is 0.407 e. The number of hydrogen-bond acceptors (Lipinski definition) is 8. The Labute approximate surface area is 350 Å². The molecule has 0 aliphatic carbocycles. The van der Waals surface area contributed by atoms with Crippen LogP contribution in [-0.4, -0.2) is 105 Å². The van der Waals surface area contributed by atoms with Crippen molar-refractivity contribution in [3.63, 3.8) is 0 Å². The highest BCUT2D eigenvalue weighted by atomic mass is 19.4. The van der Waals surface area contributed by atoms with Crippen LogP contribution in [0.1, 0.15) is 62.3 Å². The van der Waals surface area contributed by atoms with Gasteiger partial charge in [-0.2, -0.15) is 26.3 Å². The van der Waals surface area contributed by atoms with Crippen LogP contribution in [0.15, 0.2) is 73.1 Å². The molecule has 2 fully saturated rings. The first-order chi connectivity index (χ1) is 29.5. The van der Waals surface area contributed by atoms with Crippen LogP contribution in [0.3, 0.4) is 0 Å². The molecule has 20 heteroatoms. The van der Waals surface area contributed by atoms with E-state index in [1.165, 1.54) is 9.80 Å². The molecule has 5 aromatic rings. The molecule has 2 aliphatic rings. The number of methoxy groups -OCH3 is 2. The van der Waals surface area contributed by atoms with E-state index in [1.807, 2.05) is 71.3 Å². The highest BCUT2D eigenvalue weighted by Crippen LogP contribution is 2.36. The predicted octanol–water partition coefficient (Wildman–Crippen LogP) is 7.97. The van der Waals surface area contributed by atoms with Gasteiger partial charge in [-0.25, -0.2) is 19.6 Å². The number of amides is 4. The van der Waals surface area contributed by atoms with E-state index in [0.717, 1.165) is 47.2 Å². The molecule has 14 nitrogen and oxygen atoms in total. The average molecular weight is 869 g/mol. The predicted molar refractivity (Wildman–Crippen MR) is 212 cm³/mol. The molecule has 0 unspecified atom stereocenters. The monoisotopic (exact) mass is 868 g/mol. The zero-order chi connectivity index (χ0) is 44.3. The molecule has 7 rings (SSSR count). The molecule has 3 aromatic carbocycles. The Morgan fingerprint density at radius 3 is 1.50 bits per heavy atom. The van der Waals surface area contributed by atoms with Crippen molar-refractivity contribution >= 4 is 34.8 Å². The molecule has 0 saturated carbocycles. The smallest absolute Gasteiger partial charge is 0.407 e. The summed E-state index contributed by atoms with van der Waals surface area (Å²) in [6.45, 7) is 0.398. The highest BCUT2D eigenvalue weighted by molar-refractivity contribution is 5.91. The van der Waals surface area contributed by atoms with Crippen LogP contribution in [0, 0.1) is 0 Å². The Bertz CT molecular complexity index is 2430. The molecule has 4 N–H and O–H groups in total. The first-order valence-electron chi connectivity index (χ1n) is 19.7. The quantitative estimate of drug-likeness (QED) is 0.0968. The van der Waals surface area contributed by atoms with E-state index in [0.29, 0.717) is 48.7 Å². The third kappa shape index (κ3) is 9.95. The van der Waals surface area contributed by atoms with Crippen molar-refractivity contribution in [3.8, 4) is 33.6 Å². The number of nitrogens with zero attached hydrogens (tertiary/aromatic N) is 4. The number of carbonyl (C=O) groups is 4. The van der Waals surface area contributed by atoms with Crippen molar-refractivity contribution < 1.29 is 55.0 Å². The van der Waals surface area contributed by atoms with Gasteiger partial charge >= 0.3 is 24.5 Å². The molecule has 2 saturated heterocycles. The molecule has 0 bridgehead atoms. The average Bonchev–Trinajstić information content (AvgIpc) is 4.08. The van der Waals surface area contributed by atoms with E-state index >= 15 is 0 Å². The van der Waals surface area contributed by atoms with E-state index in [4.69, 9.17) is 0 Å². The SMILES string of the molecule is COC(=O)N[C@@H](CC(F)(F)F)C(=O)N1CCC[C@H]1c1ncc(-c2ccc(-c3ccc4cc(-c5cnc([C@@H]6CCCN6C(=O)[C@H](CC(F)(F)F)NC(=O)OC)[nH]5)ccc4c3)cc2)[nH]1. The van der Waals surface area contributed by atoms with Crippen LogP contribution >= 0.6 is 0 Å². The fraction of sp³-hybridized carbons (Fsp3) is 0.381. The number of hydrogen-bond donors (Lipinski definition) is 4. The lowest BCUT2D eigenvalue weighted by Crippen LogP contribution is -2.50. The summed E-state index contributed by atoms with van der Waals surface area (Å²) in [5, 5.41) is 5.91. The Morgan fingerprint density at radius 1 is 0.645 bits per heavy atom. The molecule has 4 atom stereocenters. The summed E-state index contributed by atoms with van der Waals surface area (Å²) in [4.78, 5) is 68.2. The molecule has 0 spiro atoms. The topological polar surface area (TPSA) is 175 Å². The minimum Gasteiger partial charge on any atom is -0.453 e. The van der Waals surface area contributed by atoms with Gasteiger partial charge in [-0.3, -0.25) is 9.59 Å². The number of benzene rings is 3. The van der Waals surface area contributed by atoms with Crippen LogP contribution in [0.4, 0.5) is 35.9 Å². The molecular formula is C42H42F6N8O6. The van der Waals surface area contributed by atoms with E-state index in [9.17, 15) is 45.5 Å². The summed E-state index contributed by atoms with van der Waals surface area (Å²) in [6.07, 6.45) is -9.54. The summed E-state index contributed by atoms with van der Waals surface area (Å²) in [7, 11) is 2.01. The lowest BCUT2D eigenvalue weighted by atomic mass is 9.98. The number of likely N-dealkylation sites (tertiary alicyclic amines) is 2. The number of fused-ring (bicyclic) bond motifs is 1. The zero-order valence-electron chi connectivity index (χ0n) is 33.4. The molecule has 2 aliphatic heterocycles. The number of alkyl carbamates (subject to hydrolysis) is 2. The summed E-state index contributed by atoms with van der Waals surface area (Å²) >= 11 is 0. The second kappa shape index (κ2) is 17.8. The first kappa shape index (κ1) is 43.5. The van der Waals surface area contributed by atoms with Crippen LogP contribution in [0.25, 0.3) is 44.4 Å². The van der Waals surface area contributed by atoms with Gasteiger partial charge in [0, 0.05) is 18.7 Å². The first-order valence-corrected chi connectivity index (χ1v) is 19.7. The van der Waals surface area contributed by atoms with Crippen LogP contribution < -0.4 is 10.6 Å². The fourth-order valence-corrected chi connectivity index (χ4v) is 8.04. The lowest BCUT2D eigenvalue weighted by molar-refractivity contribution is -0.154. The summed E-state index contributed by atoms with van der Waals surface area (Å²) in [6, 6.07) is 14.6. The van der Waals surface area contributed by atoms with Gasteiger partial charge in [0.1, 0.15) is 23.7 Å². The van der Waals surface area contributed by atoms with E-state index in [1.54, 1.807) is 12.4 Å². The highest BCUT2D eigenvalue weighted by Gasteiger charge is 2.43. The number of H-pyrrole nitrogens is 2. The minimum absolute atomic E-state index is 0.198. The van der Waals surface area contributed by atoms with Gasteiger partial charge in [-0.1, -0.05) is 48.5 Å². The van der Waals surface area contributed by atoms with E-state index in [2.05, 4.69) is 29.4 Å². The third-order valence-electron chi connectivity index (χ3n) is 11.0. The number of nitrogens with one attached hydrogen (secondary N) is 4. The largest absolute Gasteiger partial charge is 0.453 e. The normalized spacial score (nSPS) is 17.8. The number of ether oxygens (including phenoxy) is 2. The molecular weight excluding hydrogens is 826 g/mol. The summed E-state index contributed by atoms with van der Waals surface area (Å²) in [5.74, 6) is -0.921. The number of aromatic amines is 2. The summed E-state index contributed by atoms with van der Waals surface area (Å²) in [5.41, 5.74) is 4.75. The van der Waals surface area contributed by atoms with Gasteiger partial charge in [0.05, 0.1) is 62.9 Å². The Hall–Kier alpha value is -6.60. The molecule has 328 valence electrons. The standard InChI is InChI=1S/C42H42F6N8O6/c1-61-39(59)53-29(19-41(43,44)45)37(57)55-15-3-5-33(55)35-49-21-31(51-35)24-9-7-23(8-10-24)25-11-12-27-18-28(14-13-26(27)17-25)32-22-50-36(52-32)34-6-4-16-56(34)38(58)30(20-42(46,47)48)54-40(60)62-2/h7-14,17-18,21-22,29-30,33-34H,3-6,15-16,19-20H2,1-2H3,(H,49,51)(H,50,52)(H,53,59)(H,54,60)/t29-,30-,33-,34-/m0/s1. The second-order valence-electron chi connectivity index (χ2n) is 15.1. The Kier molecular flexibility index (Phi) is 12.5. The van der Waals surface area contributed by atoms with Gasteiger partial charge in [-0.05, 0) is 65.3 Å². The maximum absolute atomic E-state index is 13.3. The van der Waals surface area contributed by atoms with Gasteiger partial charge in [0.15, 0.2) is 0 Å². The number of alkyl halides is 6. The van der Waals surface area contributed by atoms with Crippen molar-refractivity contribution in [1.29, 1.82) is 0 Å². The molecule has 4 amide bonds. The van der Waals surface area contributed by atoms with Gasteiger partial charge in [0.2, 0.25) is 11.8 Å². The van der Waals surface area contributed by atoms with Crippen molar-refractivity contribution in [2.45, 2.75) is 75.0 Å². The van der Waals surface area contributed by atoms with Crippen molar-refractivity contribution in [2.75, 3.05) is 27.3 Å². The second-order valence-corrected chi connectivity index (χ2v) is 15.1. The van der Waals surface area contributed by atoms with Crippen LogP contribution in [-0.2, 0) is 19.1 Å².